The lowest BCUT2D eigenvalue weighted by Crippen LogP contribution is -2.42. The van der Waals surface area contributed by atoms with E-state index < -0.39 is 0 Å². The number of nitrogens with one attached hydrogen (secondary N) is 2. The number of thiocarbonyl (C=S) groups is 1. The molecule has 0 saturated carbocycles. The van der Waals surface area contributed by atoms with Crippen LogP contribution >= 0.6 is 12.2 Å². The number of benzene rings is 2. The summed E-state index contributed by atoms with van der Waals surface area (Å²) >= 11 is 5.65. The number of H-pyrrole nitrogens is 1. The summed E-state index contributed by atoms with van der Waals surface area (Å²) in [6.07, 6.45) is 0.576. The van der Waals surface area contributed by atoms with E-state index in [0.717, 1.165) is 22.0 Å². The molecule has 1 unspecified atom stereocenters. The number of hydrogen-bond donors (Lipinski definition) is 3. The van der Waals surface area contributed by atoms with Crippen molar-refractivity contribution < 1.29 is 5.11 Å². The Hall–Kier alpha value is -2.70. The van der Waals surface area contributed by atoms with Crippen LogP contribution in [0.25, 0.3) is 10.9 Å². The van der Waals surface area contributed by atoms with Crippen molar-refractivity contribution in [2.45, 2.75) is 32.9 Å². The lowest BCUT2D eigenvalue weighted by Gasteiger charge is -2.28. The molecule has 0 aliphatic heterocycles. The van der Waals surface area contributed by atoms with Crippen LogP contribution in [0.3, 0.4) is 0 Å². The molecule has 5 nitrogen and oxygen atoms in total. The number of aromatic amines is 1. The van der Waals surface area contributed by atoms with Crippen molar-refractivity contribution in [1.29, 1.82) is 0 Å². The summed E-state index contributed by atoms with van der Waals surface area (Å²) in [5.41, 5.74) is 3.63. The van der Waals surface area contributed by atoms with Crippen molar-refractivity contribution in [3.05, 3.63) is 81.6 Å². The third kappa shape index (κ3) is 5.43. The highest BCUT2D eigenvalue weighted by Crippen LogP contribution is 2.16. The van der Waals surface area contributed by atoms with Gasteiger partial charge in [0.1, 0.15) is 0 Å². The number of nitrogens with zero attached hydrogens (tertiary/aromatic N) is 1. The molecule has 0 spiro atoms. The molecule has 0 aliphatic carbocycles. The zero-order chi connectivity index (χ0) is 20.8. The quantitative estimate of drug-likeness (QED) is 0.520. The highest BCUT2D eigenvalue weighted by Gasteiger charge is 2.15. The van der Waals surface area contributed by atoms with Crippen molar-refractivity contribution in [2.24, 2.45) is 0 Å². The zero-order valence-electron chi connectivity index (χ0n) is 16.8. The maximum atomic E-state index is 12.6. The molecule has 3 aromatic rings. The molecule has 0 saturated heterocycles. The molecule has 6 heteroatoms. The van der Waals surface area contributed by atoms with Gasteiger partial charge in [-0.15, -0.1) is 0 Å². The lowest BCUT2D eigenvalue weighted by atomic mass is 10.1. The first-order valence-electron chi connectivity index (χ1n) is 9.81. The third-order valence-electron chi connectivity index (χ3n) is 4.95. The summed E-state index contributed by atoms with van der Waals surface area (Å²) in [5, 5.41) is 14.2. The Labute approximate surface area is 176 Å². The van der Waals surface area contributed by atoms with Crippen LogP contribution in [0.4, 0.5) is 0 Å². The average Bonchev–Trinajstić information content (AvgIpc) is 2.72. The molecule has 152 valence electrons. The third-order valence-corrected chi connectivity index (χ3v) is 5.33. The summed E-state index contributed by atoms with van der Waals surface area (Å²) in [6, 6.07) is 18.0. The molecule has 0 aliphatic rings. The van der Waals surface area contributed by atoms with E-state index in [1.807, 2.05) is 48.2 Å². The van der Waals surface area contributed by atoms with E-state index in [1.54, 1.807) is 0 Å². The number of fused-ring (bicyclic) bond motifs is 1. The van der Waals surface area contributed by atoms with Crippen LogP contribution in [0.5, 0.6) is 0 Å². The molecule has 29 heavy (non-hydrogen) atoms. The first kappa shape index (κ1) is 21.0. The topological polar surface area (TPSA) is 68.4 Å². The van der Waals surface area contributed by atoms with E-state index in [2.05, 4.69) is 35.4 Å². The number of aliphatic hydroxyl groups excluding tert-OH is 1. The number of hydrogen-bond acceptors (Lipinski definition) is 3. The van der Waals surface area contributed by atoms with E-state index in [4.69, 9.17) is 12.2 Å². The van der Waals surface area contributed by atoms with Crippen LogP contribution in [-0.2, 0) is 6.54 Å². The van der Waals surface area contributed by atoms with Gasteiger partial charge in [0.15, 0.2) is 5.11 Å². The van der Waals surface area contributed by atoms with Crippen LogP contribution in [-0.4, -0.2) is 33.3 Å². The molecule has 2 aromatic carbocycles. The van der Waals surface area contributed by atoms with Crippen LogP contribution in [0.1, 0.15) is 36.1 Å². The van der Waals surface area contributed by atoms with E-state index in [-0.39, 0.29) is 18.2 Å². The first-order valence-corrected chi connectivity index (χ1v) is 10.2. The van der Waals surface area contributed by atoms with Gasteiger partial charge in [0.05, 0.1) is 12.6 Å². The second kappa shape index (κ2) is 9.67. The van der Waals surface area contributed by atoms with Gasteiger partial charge < -0.3 is 20.3 Å². The maximum absolute atomic E-state index is 12.6. The molecule has 1 aromatic heterocycles. The predicted molar refractivity (Wildman–Crippen MR) is 122 cm³/mol. The summed E-state index contributed by atoms with van der Waals surface area (Å²) in [7, 11) is 0. The molecular weight excluding hydrogens is 382 g/mol. The minimum Gasteiger partial charge on any atom is -0.396 e. The Morgan fingerprint density at radius 3 is 2.69 bits per heavy atom. The summed E-state index contributed by atoms with van der Waals surface area (Å²) in [5.74, 6) is 0. The van der Waals surface area contributed by atoms with Crippen molar-refractivity contribution in [1.82, 2.24) is 15.2 Å². The Balaban J connectivity index is 1.81. The zero-order valence-corrected chi connectivity index (χ0v) is 17.6. The number of aliphatic hydroxyl groups is 1. The van der Waals surface area contributed by atoms with Gasteiger partial charge in [-0.3, -0.25) is 4.79 Å². The summed E-state index contributed by atoms with van der Waals surface area (Å²) < 4.78 is 0. The van der Waals surface area contributed by atoms with Crippen molar-refractivity contribution in [3.8, 4) is 0 Å². The largest absolute Gasteiger partial charge is 0.396 e. The van der Waals surface area contributed by atoms with Gasteiger partial charge in [0.25, 0.3) is 5.56 Å². The van der Waals surface area contributed by atoms with E-state index in [9.17, 15) is 9.90 Å². The van der Waals surface area contributed by atoms with Crippen LogP contribution < -0.4 is 10.9 Å². The Kier molecular flexibility index (Phi) is 7.01. The van der Waals surface area contributed by atoms with Gasteiger partial charge >= 0.3 is 0 Å². The molecular formula is C23H27N3O2S. The number of rotatable bonds is 7. The second-order valence-electron chi connectivity index (χ2n) is 7.29. The molecule has 0 amide bonds. The van der Waals surface area contributed by atoms with Crippen molar-refractivity contribution in [3.63, 3.8) is 0 Å². The molecule has 3 N–H and O–H groups in total. The summed E-state index contributed by atoms with van der Waals surface area (Å²) in [4.78, 5) is 17.5. The standard InChI is InChI=1S/C23H27N3O2S/c1-16-9-10-21-19(13-16)14-20(22(28)25-21)15-26(11-6-12-27)23(29)24-17(2)18-7-4-3-5-8-18/h3-5,7-10,13-14,17,27H,6,11-12,15H2,1-2H3,(H,24,29)(H,25,28). The molecule has 0 bridgehead atoms. The fraction of sp³-hybridized carbons (Fsp3) is 0.304. The van der Waals surface area contributed by atoms with E-state index >= 15 is 0 Å². The van der Waals surface area contributed by atoms with Crippen molar-refractivity contribution in [2.75, 3.05) is 13.2 Å². The fourth-order valence-corrected chi connectivity index (χ4v) is 3.64. The predicted octanol–water partition coefficient (Wildman–Crippen LogP) is 3.66. The molecule has 0 fully saturated rings. The smallest absolute Gasteiger partial charge is 0.253 e. The minimum atomic E-state index is -0.116. The highest BCUT2D eigenvalue weighted by molar-refractivity contribution is 7.80. The Morgan fingerprint density at radius 2 is 1.97 bits per heavy atom. The molecule has 0 radical (unpaired) electrons. The van der Waals surface area contributed by atoms with Gasteiger partial charge in [-0.1, -0.05) is 42.0 Å². The summed E-state index contributed by atoms with van der Waals surface area (Å²) in [6.45, 7) is 5.10. The first-order chi connectivity index (χ1) is 14.0. The van der Waals surface area contributed by atoms with Crippen LogP contribution in [0.2, 0.25) is 0 Å². The fourth-order valence-electron chi connectivity index (χ4n) is 3.31. The minimum absolute atomic E-state index is 0.0397. The van der Waals surface area contributed by atoms with Gasteiger partial charge in [-0.25, -0.2) is 0 Å². The van der Waals surface area contributed by atoms with Gasteiger partial charge in [0, 0.05) is 24.2 Å². The van der Waals surface area contributed by atoms with Gasteiger partial charge in [-0.05, 0) is 61.6 Å². The number of pyridine rings is 1. The maximum Gasteiger partial charge on any atom is 0.253 e. The lowest BCUT2D eigenvalue weighted by molar-refractivity contribution is 0.263. The van der Waals surface area contributed by atoms with Gasteiger partial charge in [0.2, 0.25) is 0 Å². The monoisotopic (exact) mass is 409 g/mol. The SMILES string of the molecule is Cc1ccc2[nH]c(=O)c(CN(CCCO)C(=S)NC(C)c3ccccc3)cc2c1. The van der Waals surface area contributed by atoms with E-state index in [1.165, 1.54) is 0 Å². The molecule has 1 atom stereocenters. The Bertz CT molecular complexity index is 1030. The Morgan fingerprint density at radius 1 is 1.21 bits per heavy atom. The molecule has 3 rings (SSSR count). The number of aryl methyl sites for hydroxylation is 1. The molecule has 1 heterocycles. The van der Waals surface area contributed by atoms with Crippen LogP contribution in [0.15, 0.2) is 59.4 Å². The second-order valence-corrected chi connectivity index (χ2v) is 7.68. The van der Waals surface area contributed by atoms with E-state index in [0.29, 0.717) is 30.2 Å². The van der Waals surface area contributed by atoms with Crippen molar-refractivity contribution >= 4 is 28.2 Å². The van der Waals surface area contributed by atoms with Crippen LogP contribution in [0, 0.1) is 6.92 Å². The number of aromatic nitrogens is 1. The highest BCUT2D eigenvalue weighted by atomic mass is 32.1. The van der Waals surface area contributed by atoms with Gasteiger partial charge in [-0.2, -0.15) is 0 Å². The normalized spacial score (nSPS) is 12.0. The average molecular weight is 410 g/mol.